The van der Waals surface area contributed by atoms with Crippen LogP contribution in [0.4, 0.5) is 0 Å². The molecule has 0 amide bonds. The van der Waals surface area contributed by atoms with Gasteiger partial charge in [0, 0.05) is 5.41 Å². The van der Waals surface area contributed by atoms with Crippen LogP contribution in [-0.4, -0.2) is 0 Å². The van der Waals surface area contributed by atoms with Gasteiger partial charge in [0.1, 0.15) is 0 Å². The van der Waals surface area contributed by atoms with Gasteiger partial charge in [0.25, 0.3) is 0 Å². The Morgan fingerprint density at radius 3 is 1.62 bits per heavy atom. The quantitative estimate of drug-likeness (QED) is 0.214. The summed E-state index contributed by atoms with van der Waals surface area (Å²) in [4.78, 5) is 0. The topological polar surface area (TPSA) is 0 Å². The second-order valence-electron chi connectivity index (χ2n) is 2.48. The molecular weight excluding hydrogens is 111 g/mol. The van der Waals surface area contributed by atoms with E-state index >= 15 is 0 Å². The molecule has 0 nitrogen and oxygen atoms in total. The average Bonchev–Trinajstić information content (AvgIpc) is 1.30. The van der Waals surface area contributed by atoms with E-state index in [1.165, 1.54) is 0 Å². The van der Waals surface area contributed by atoms with Crippen molar-refractivity contribution in [2.45, 2.75) is 20.8 Å². The first kappa shape index (κ1) is 11.2. The van der Waals surface area contributed by atoms with E-state index in [1.807, 2.05) is 20.8 Å². The molecule has 40 valence electrons. The maximum atomic E-state index is 4.44. The van der Waals surface area contributed by atoms with Crippen LogP contribution in [0.3, 0.4) is 0 Å². The van der Waals surface area contributed by atoms with Gasteiger partial charge in [0.15, 0.2) is 0 Å². The first-order valence-corrected chi connectivity index (χ1v) is 2.61. The van der Waals surface area contributed by atoms with Crippen molar-refractivity contribution < 1.29 is 18.9 Å². The van der Waals surface area contributed by atoms with Gasteiger partial charge >= 0.3 is 18.9 Å². The van der Waals surface area contributed by atoms with Crippen molar-refractivity contribution in [1.29, 1.82) is 0 Å². The predicted octanol–water partition coefficient (Wildman–Crippen LogP) is -1.46. The summed E-state index contributed by atoms with van der Waals surface area (Å²) >= 11 is 4.44. The van der Waals surface area contributed by atoms with E-state index in [2.05, 4.69) is 23.8 Å². The summed E-state index contributed by atoms with van der Waals surface area (Å²) in [5.41, 5.74) is 0.0851. The summed E-state index contributed by atoms with van der Waals surface area (Å²) in [6.07, 6.45) is 0. The van der Waals surface area contributed by atoms with Crippen molar-refractivity contribution in [2.75, 3.05) is 0 Å². The van der Waals surface area contributed by atoms with Gasteiger partial charge in [0.2, 0.25) is 0 Å². The van der Waals surface area contributed by atoms with Gasteiger partial charge < -0.3 is 12.6 Å². The molecule has 0 fully saturated rings. The molecule has 0 saturated heterocycles. The molecule has 0 bridgehead atoms. The van der Waals surface area contributed by atoms with Gasteiger partial charge in [-0.1, -0.05) is 0 Å². The molecular formula is C6H9LiS. The second-order valence-corrected chi connectivity index (χ2v) is 2.68. The number of rotatable bonds is 0. The molecule has 2 heteroatoms. The Balaban J connectivity index is 0. The van der Waals surface area contributed by atoms with Crippen molar-refractivity contribution in [2.24, 2.45) is 5.41 Å². The largest absolute Gasteiger partial charge is 1.00 e. The predicted molar refractivity (Wildman–Crippen MR) is 34.6 cm³/mol. The minimum Gasteiger partial charge on any atom is -0.725 e. The van der Waals surface area contributed by atoms with E-state index in [1.54, 1.807) is 0 Å². The van der Waals surface area contributed by atoms with Crippen LogP contribution in [0.15, 0.2) is 0 Å². The van der Waals surface area contributed by atoms with Gasteiger partial charge in [0.05, 0.1) is 0 Å². The van der Waals surface area contributed by atoms with E-state index in [9.17, 15) is 0 Å². The zero-order valence-corrected chi connectivity index (χ0v) is 6.72. The Morgan fingerprint density at radius 1 is 1.25 bits per heavy atom. The summed E-state index contributed by atoms with van der Waals surface area (Å²) in [6, 6.07) is 0. The first-order valence-electron chi connectivity index (χ1n) is 2.20. The molecule has 0 aliphatic rings. The van der Waals surface area contributed by atoms with Crippen molar-refractivity contribution in [3.8, 4) is 11.2 Å². The fraction of sp³-hybridized carbons (Fsp3) is 0.667. The molecule has 0 unspecified atom stereocenters. The fourth-order valence-corrected chi connectivity index (χ4v) is 0.459. The number of hydrogen-bond acceptors (Lipinski definition) is 1. The molecule has 0 spiro atoms. The zero-order valence-electron chi connectivity index (χ0n) is 5.91. The van der Waals surface area contributed by atoms with Crippen LogP contribution in [-0.2, 0) is 12.6 Å². The molecule has 8 heavy (non-hydrogen) atoms. The van der Waals surface area contributed by atoms with Gasteiger partial charge in [-0.05, 0) is 20.8 Å². The van der Waals surface area contributed by atoms with E-state index < -0.39 is 0 Å². The third-order valence-electron chi connectivity index (χ3n) is 0.426. The van der Waals surface area contributed by atoms with Crippen LogP contribution in [0.2, 0.25) is 0 Å². The Bertz CT molecular complexity index is 102. The minimum absolute atomic E-state index is 0. The van der Waals surface area contributed by atoms with Crippen molar-refractivity contribution in [3.63, 3.8) is 0 Å². The average molecular weight is 120 g/mol. The standard InChI is InChI=1S/C6H10S.Li/c1-6(2,3)4-5-7;/h7H,1-3H3;/q;+1/p-1. The van der Waals surface area contributed by atoms with Gasteiger partial charge in [-0.25, -0.2) is 5.25 Å². The fourth-order valence-electron chi connectivity index (χ4n) is 0.153. The molecule has 0 aliphatic carbocycles. The Labute approximate surface area is 69.0 Å². The normalized spacial score (nSPS) is 8.38. The smallest absolute Gasteiger partial charge is 0.725 e. The SMILES string of the molecule is CC(C)(C)C#C[S-].[Li+]. The molecule has 0 rings (SSSR count). The molecule has 0 aromatic heterocycles. The molecule has 0 aromatic carbocycles. The van der Waals surface area contributed by atoms with E-state index in [0.717, 1.165) is 0 Å². The second kappa shape index (κ2) is 4.28. The van der Waals surface area contributed by atoms with Crippen LogP contribution in [0.1, 0.15) is 20.8 Å². The summed E-state index contributed by atoms with van der Waals surface area (Å²) in [6.45, 7) is 6.10. The number of hydrogen-bond donors (Lipinski definition) is 0. The summed E-state index contributed by atoms with van der Waals surface area (Å²) in [5.74, 6) is 2.85. The Hall–Kier alpha value is 0.377. The third kappa shape index (κ3) is 9.62. The monoisotopic (exact) mass is 120 g/mol. The van der Waals surface area contributed by atoms with E-state index in [0.29, 0.717) is 0 Å². The zero-order chi connectivity index (χ0) is 5.91. The molecule has 0 radical (unpaired) electrons. The van der Waals surface area contributed by atoms with Gasteiger partial charge in [-0.2, -0.15) is 0 Å². The van der Waals surface area contributed by atoms with Crippen LogP contribution >= 0.6 is 0 Å². The van der Waals surface area contributed by atoms with Crippen LogP contribution in [0.5, 0.6) is 0 Å². The molecule has 0 N–H and O–H groups in total. The third-order valence-corrected chi connectivity index (χ3v) is 0.528. The maximum absolute atomic E-state index is 4.44. The van der Waals surface area contributed by atoms with Gasteiger partial charge in [-0.3, -0.25) is 0 Å². The molecule has 0 aliphatic heterocycles. The molecule has 0 atom stereocenters. The Kier molecular flexibility index (Phi) is 5.99. The van der Waals surface area contributed by atoms with E-state index in [-0.39, 0.29) is 24.3 Å². The van der Waals surface area contributed by atoms with E-state index in [4.69, 9.17) is 0 Å². The van der Waals surface area contributed by atoms with Crippen molar-refractivity contribution >= 4 is 12.6 Å². The van der Waals surface area contributed by atoms with Crippen LogP contribution < -0.4 is 18.9 Å². The summed E-state index contributed by atoms with van der Waals surface area (Å²) in [7, 11) is 0. The Morgan fingerprint density at radius 2 is 1.62 bits per heavy atom. The van der Waals surface area contributed by atoms with Crippen LogP contribution in [0, 0.1) is 16.6 Å². The maximum Gasteiger partial charge on any atom is 1.00 e. The first-order chi connectivity index (χ1) is 3.06. The summed E-state index contributed by atoms with van der Waals surface area (Å²) < 4.78 is 0. The van der Waals surface area contributed by atoms with Crippen LogP contribution in [0.25, 0.3) is 0 Å². The molecule has 0 saturated carbocycles. The molecule has 0 heterocycles. The molecule has 0 aromatic rings. The van der Waals surface area contributed by atoms with Gasteiger partial charge in [-0.15, -0.1) is 5.92 Å². The minimum atomic E-state index is 0. The van der Waals surface area contributed by atoms with Crippen molar-refractivity contribution in [3.05, 3.63) is 0 Å². The summed E-state index contributed by atoms with van der Waals surface area (Å²) in [5, 5.41) is 2.44. The van der Waals surface area contributed by atoms with Crippen molar-refractivity contribution in [1.82, 2.24) is 0 Å².